The minimum atomic E-state index is -0.845. The van der Waals surface area contributed by atoms with Crippen LogP contribution in [0.15, 0.2) is 89.5 Å². The van der Waals surface area contributed by atoms with Crippen molar-refractivity contribution in [2.24, 2.45) is 0 Å². The molecule has 172 valence electrons. The maximum absolute atomic E-state index is 13.0. The van der Waals surface area contributed by atoms with Crippen molar-refractivity contribution in [3.63, 3.8) is 0 Å². The predicted octanol–water partition coefficient (Wildman–Crippen LogP) is 6.08. The van der Waals surface area contributed by atoms with Crippen molar-refractivity contribution in [3.05, 3.63) is 107 Å². The number of hydrogen-bond acceptors (Lipinski definition) is 4. The normalized spacial score (nSPS) is 11.6. The fourth-order valence-electron chi connectivity index (χ4n) is 3.37. The largest absolute Gasteiger partial charge is 0.441 e. The second-order valence-electron chi connectivity index (χ2n) is 7.51. The lowest BCUT2D eigenvalue weighted by Crippen LogP contribution is -2.37. The van der Waals surface area contributed by atoms with Gasteiger partial charge in [-0.3, -0.25) is 9.59 Å². The van der Waals surface area contributed by atoms with E-state index in [0.29, 0.717) is 38.5 Å². The first kappa shape index (κ1) is 23.5. The van der Waals surface area contributed by atoms with E-state index in [1.54, 1.807) is 48.7 Å². The Kier molecular flexibility index (Phi) is 7.62. The van der Waals surface area contributed by atoms with Gasteiger partial charge in [0, 0.05) is 29.1 Å². The van der Waals surface area contributed by atoms with Crippen molar-refractivity contribution < 1.29 is 14.0 Å². The smallest absolute Gasteiger partial charge is 0.251 e. The van der Waals surface area contributed by atoms with E-state index in [4.69, 9.17) is 27.6 Å². The van der Waals surface area contributed by atoms with Crippen molar-refractivity contribution in [2.75, 3.05) is 5.32 Å². The quantitative estimate of drug-likeness (QED) is 0.311. The minimum Gasteiger partial charge on any atom is -0.441 e. The number of halogens is 2. The van der Waals surface area contributed by atoms with Crippen LogP contribution in [0.2, 0.25) is 10.0 Å². The number of para-hydroxylation sites is 1. The molecule has 1 aromatic heterocycles. The van der Waals surface area contributed by atoms with E-state index >= 15 is 0 Å². The monoisotopic (exact) mass is 493 g/mol. The van der Waals surface area contributed by atoms with Crippen LogP contribution in [0.5, 0.6) is 0 Å². The topological polar surface area (TPSA) is 84.2 Å². The van der Waals surface area contributed by atoms with Gasteiger partial charge in [0.15, 0.2) is 11.7 Å². The highest BCUT2D eigenvalue weighted by molar-refractivity contribution is 6.36. The Morgan fingerprint density at radius 2 is 1.65 bits per heavy atom. The highest BCUT2D eigenvalue weighted by atomic mass is 35.5. The van der Waals surface area contributed by atoms with Crippen LogP contribution in [0.1, 0.15) is 23.9 Å². The third-order valence-electron chi connectivity index (χ3n) is 5.06. The summed E-state index contributed by atoms with van der Waals surface area (Å²) in [6, 6.07) is 22.4. The Balaban J connectivity index is 1.41. The van der Waals surface area contributed by atoms with Gasteiger partial charge in [-0.15, -0.1) is 0 Å². The van der Waals surface area contributed by atoms with Crippen LogP contribution in [-0.4, -0.2) is 16.8 Å². The number of hydrogen-bond donors (Lipinski definition) is 2. The average Bonchev–Trinajstić information content (AvgIpc) is 3.31. The molecule has 2 N–H and O–H groups in total. The van der Waals surface area contributed by atoms with E-state index in [2.05, 4.69) is 15.6 Å². The number of amides is 2. The zero-order valence-electron chi connectivity index (χ0n) is 18.0. The number of nitrogens with zero attached hydrogens (tertiary/aromatic N) is 1. The summed E-state index contributed by atoms with van der Waals surface area (Å²) >= 11 is 12.2. The fourth-order valence-corrected chi connectivity index (χ4v) is 3.88. The van der Waals surface area contributed by atoms with Crippen LogP contribution < -0.4 is 10.6 Å². The van der Waals surface area contributed by atoms with Gasteiger partial charge < -0.3 is 15.1 Å². The van der Waals surface area contributed by atoms with Gasteiger partial charge in [-0.25, -0.2) is 4.98 Å². The molecule has 0 bridgehead atoms. The Morgan fingerprint density at radius 3 is 2.35 bits per heavy atom. The summed E-state index contributed by atoms with van der Waals surface area (Å²) in [5.41, 5.74) is 1.99. The summed E-state index contributed by atoms with van der Waals surface area (Å²) in [6.07, 6.45) is 1.91. The maximum Gasteiger partial charge on any atom is 0.251 e. The van der Waals surface area contributed by atoms with Crippen molar-refractivity contribution in [2.45, 2.75) is 18.9 Å². The number of carbonyl (C=O) groups is 2. The van der Waals surface area contributed by atoms with Crippen molar-refractivity contribution in [3.8, 4) is 11.3 Å². The molecule has 0 aliphatic rings. The molecule has 0 radical (unpaired) electrons. The summed E-state index contributed by atoms with van der Waals surface area (Å²) in [6.45, 7) is 0. The Hall–Kier alpha value is -3.61. The van der Waals surface area contributed by atoms with Crippen LogP contribution in [0.4, 0.5) is 5.69 Å². The molecule has 0 aliphatic heterocycles. The molecule has 1 heterocycles. The lowest BCUT2D eigenvalue weighted by atomic mass is 10.1. The van der Waals surface area contributed by atoms with E-state index in [9.17, 15) is 9.59 Å². The third-order valence-corrected chi connectivity index (χ3v) is 5.61. The Labute approximate surface area is 206 Å². The number of nitrogens with one attached hydrogen (secondary N) is 2. The van der Waals surface area contributed by atoms with Crippen LogP contribution in [0.25, 0.3) is 11.3 Å². The summed E-state index contributed by atoms with van der Waals surface area (Å²) in [5, 5.41) is 6.64. The van der Waals surface area contributed by atoms with E-state index in [-0.39, 0.29) is 24.7 Å². The number of anilines is 1. The molecular weight excluding hydrogens is 473 g/mol. The number of carbonyl (C=O) groups excluding carboxylic acids is 2. The molecule has 0 fully saturated rings. The van der Waals surface area contributed by atoms with Gasteiger partial charge in [-0.2, -0.15) is 0 Å². The van der Waals surface area contributed by atoms with Gasteiger partial charge >= 0.3 is 0 Å². The van der Waals surface area contributed by atoms with E-state index in [1.165, 1.54) is 0 Å². The molecule has 4 aromatic rings. The molecule has 2 amide bonds. The zero-order valence-corrected chi connectivity index (χ0v) is 19.5. The summed E-state index contributed by atoms with van der Waals surface area (Å²) < 4.78 is 5.76. The van der Waals surface area contributed by atoms with Gasteiger partial charge in [-0.1, -0.05) is 71.7 Å². The highest BCUT2D eigenvalue weighted by Crippen LogP contribution is 2.31. The first-order chi connectivity index (χ1) is 16.5. The van der Waals surface area contributed by atoms with E-state index in [0.717, 1.165) is 0 Å². The molecule has 6 nitrogen and oxygen atoms in total. The molecule has 0 spiro atoms. The van der Waals surface area contributed by atoms with Crippen molar-refractivity contribution >= 4 is 40.7 Å². The van der Waals surface area contributed by atoms with Crippen LogP contribution in [-0.2, 0) is 16.0 Å². The molecule has 1 unspecified atom stereocenters. The molecule has 1 atom stereocenters. The van der Waals surface area contributed by atoms with Gasteiger partial charge in [0.2, 0.25) is 5.91 Å². The fraction of sp³-hybridized carbons (Fsp3) is 0.115. The molecule has 0 saturated heterocycles. The number of rotatable bonds is 8. The minimum absolute atomic E-state index is 0.0935. The summed E-state index contributed by atoms with van der Waals surface area (Å²) in [5.74, 6) is 0.241. The maximum atomic E-state index is 13.0. The molecule has 0 aliphatic carbocycles. The lowest BCUT2D eigenvalue weighted by molar-refractivity contribution is -0.126. The average molecular weight is 494 g/mol. The molecule has 4 rings (SSSR count). The molecule has 8 heteroatoms. The SMILES string of the molecule is O=C(CCc1ncc(-c2ccc(Cl)cc2Cl)o1)NC(C(=O)Nc1ccccc1)c1ccccc1. The standard InChI is InChI=1S/C26H21Cl2N3O3/c27-18-11-12-20(21(28)15-18)22-16-29-24(34-22)14-13-23(32)31-25(17-7-3-1-4-8-17)26(33)30-19-9-5-2-6-10-19/h1-12,15-16,25H,13-14H2,(H,30,33)(H,31,32). The summed E-state index contributed by atoms with van der Waals surface area (Å²) in [7, 11) is 0. The van der Waals surface area contributed by atoms with Crippen molar-refractivity contribution in [1.82, 2.24) is 10.3 Å². The molecule has 34 heavy (non-hydrogen) atoms. The Morgan fingerprint density at radius 1 is 0.941 bits per heavy atom. The predicted molar refractivity (Wildman–Crippen MR) is 133 cm³/mol. The van der Waals surface area contributed by atoms with Crippen molar-refractivity contribution in [1.29, 1.82) is 0 Å². The van der Waals surface area contributed by atoms with Gasteiger partial charge in [0.1, 0.15) is 6.04 Å². The first-order valence-corrected chi connectivity index (χ1v) is 11.4. The number of aryl methyl sites for hydroxylation is 1. The van der Waals surface area contributed by atoms with Gasteiger partial charge in [-0.05, 0) is 35.9 Å². The van der Waals surface area contributed by atoms with Crippen LogP contribution >= 0.6 is 23.2 Å². The second kappa shape index (κ2) is 11.0. The Bertz CT molecular complexity index is 1280. The van der Waals surface area contributed by atoms with Crippen LogP contribution in [0.3, 0.4) is 0 Å². The highest BCUT2D eigenvalue weighted by Gasteiger charge is 2.23. The molecule has 0 saturated carbocycles. The van der Waals surface area contributed by atoms with Crippen LogP contribution in [0, 0.1) is 0 Å². The van der Waals surface area contributed by atoms with E-state index < -0.39 is 6.04 Å². The number of benzene rings is 3. The van der Waals surface area contributed by atoms with Gasteiger partial charge in [0.25, 0.3) is 5.91 Å². The number of oxazole rings is 1. The van der Waals surface area contributed by atoms with Gasteiger partial charge in [0.05, 0.1) is 11.2 Å². The third kappa shape index (κ3) is 6.04. The molecule has 3 aromatic carbocycles. The zero-order chi connectivity index (χ0) is 23.9. The first-order valence-electron chi connectivity index (χ1n) is 10.6. The van der Waals surface area contributed by atoms with E-state index in [1.807, 2.05) is 36.4 Å². The lowest BCUT2D eigenvalue weighted by Gasteiger charge is -2.19. The number of aromatic nitrogens is 1. The molecular formula is C26H21Cl2N3O3. The summed E-state index contributed by atoms with van der Waals surface area (Å²) in [4.78, 5) is 29.9. The second-order valence-corrected chi connectivity index (χ2v) is 8.35.